The molecule has 0 radical (unpaired) electrons. The van der Waals surface area contributed by atoms with E-state index in [9.17, 15) is 9.59 Å². The van der Waals surface area contributed by atoms with Gasteiger partial charge in [0.25, 0.3) is 0 Å². The fourth-order valence-electron chi connectivity index (χ4n) is 2.38. The molecule has 3 nitrogen and oxygen atoms in total. The van der Waals surface area contributed by atoms with Gasteiger partial charge < -0.3 is 4.85 Å². The molecule has 0 N–H and O–H groups in total. The summed E-state index contributed by atoms with van der Waals surface area (Å²) >= 11 is 0. The molecule has 0 amide bonds. The molecule has 0 aliphatic heterocycles. The van der Waals surface area contributed by atoms with E-state index < -0.39 is 5.54 Å². The first-order valence-electron chi connectivity index (χ1n) is 7.36. The fraction of sp³-hybridized carbons (Fsp3) is 0.765. The van der Waals surface area contributed by atoms with Gasteiger partial charge in [-0.2, -0.15) is 5.92 Å². The average Bonchev–Trinajstić information content (AvgIpc) is 2.33. The van der Waals surface area contributed by atoms with E-state index in [1.807, 2.05) is 48.0 Å². The van der Waals surface area contributed by atoms with E-state index in [-0.39, 0.29) is 144 Å². The van der Waals surface area contributed by atoms with Crippen molar-refractivity contribution in [1.82, 2.24) is 0 Å². The van der Waals surface area contributed by atoms with E-state index in [0.717, 1.165) is 0 Å². The summed E-state index contributed by atoms with van der Waals surface area (Å²) in [4.78, 5) is 27.7. The zero-order valence-corrected chi connectivity index (χ0v) is 22.1. The summed E-state index contributed by atoms with van der Waals surface area (Å²) < 4.78 is 0. The van der Waals surface area contributed by atoms with E-state index in [2.05, 4.69) is 4.85 Å². The molecule has 0 spiro atoms. The Hall–Kier alpha value is 2.10. The van der Waals surface area contributed by atoms with Gasteiger partial charge in [-0.3, -0.25) is 9.59 Å². The molecular weight excluding hydrogens is 328 g/mol. The molecule has 0 bridgehead atoms. The van der Waals surface area contributed by atoms with Crippen LogP contribution in [0.3, 0.4) is 0 Å². The minimum absolute atomic E-state index is 0. The van der Waals surface area contributed by atoms with Gasteiger partial charge in [-0.15, -0.1) is 0 Å². The SMILES string of the molecule is [C-]#[N+]C([CH-]C(C)C)(C(=O)CC(C)C(C)C(C)=O)C(C)C.[K+].[K+]. The summed E-state index contributed by atoms with van der Waals surface area (Å²) in [6, 6.07) is 0. The minimum atomic E-state index is -1.06. The smallest absolute Gasteiger partial charge is 0.336 e. The zero-order chi connectivity index (χ0) is 16.1. The number of carbonyl (C=O) groups is 2. The molecule has 114 valence electrons. The van der Waals surface area contributed by atoms with Crippen LogP contribution < -0.4 is 103 Å². The molecule has 0 rings (SSSR count). The van der Waals surface area contributed by atoms with Crippen molar-refractivity contribution in [1.29, 1.82) is 0 Å². The van der Waals surface area contributed by atoms with Crippen molar-refractivity contribution in [2.45, 2.75) is 60.4 Å². The summed E-state index contributed by atoms with van der Waals surface area (Å²) in [6.45, 7) is 20.6. The molecule has 0 aliphatic carbocycles. The van der Waals surface area contributed by atoms with Crippen LogP contribution in [0.1, 0.15) is 54.9 Å². The summed E-state index contributed by atoms with van der Waals surface area (Å²) in [5.41, 5.74) is -1.06. The Morgan fingerprint density at radius 1 is 1.09 bits per heavy atom. The Labute approximate surface area is 221 Å². The van der Waals surface area contributed by atoms with E-state index in [1.165, 1.54) is 0 Å². The maximum absolute atomic E-state index is 12.7. The van der Waals surface area contributed by atoms with Crippen LogP contribution in [-0.4, -0.2) is 17.1 Å². The molecule has 0 heterocycles. The van der Waals surface area contributed by atoms with Crippen molar-refractivity contribution < 1.29 is 112 Å². The Bertz CT molecular complexity index is 402. The number of carbonyl (C=O) groups excluding carboxylic acids is 2. The van der Waals surface area contributed by atoms with E-state index in [1.54, 1.807) is 6.92 Å². The van der Waals surface area contributed by atoms with Gasteiger partial charge in [-0.25, -0.2) is 13.0 Å². The van der Waals surface area contributed by atoms with Gasteiger partial charge in [-0.1, -0.05) is 41.5 Å². The second-order valence-corrected chi connectivity index (χ2v) is 6.51. The largest absolute Gasteiger partial charge is 1.00 e. The van der Waals surface area contributed by atoms with Crippen molar-refractivity contribution in [3.05, 3.63) is 17.8 Å². The third-order valence-electron chi connectivity index (χ3n) is 4.10. The third-order valence-corrected chi connectivity index (χ3v) is 4.10. The van der Waals surface area contributed by atoms with Crippen LogP contribution in [0.2, 0.25) is 0 Å². The number of Topliss-reactive ketones (excluding diaryl/α,β-unsaturated/α-hetero) is 2. The molecule has 0 aliphatic rings. The van der Waals surface area contributed by atoms with Crippen LogP contribution in [0.4, 0.5) is 0 Å². The van der Waals surface area contributed by atoms with Crippen LogP contribution >= 0.6 is 0 Å². The molecule has 0 aromatic rings. The van der Waals surface area contributed by atoms with Crippen molar-refractivity contribution >= 4 is 11.6 Å². The van der Waals surface area contributed by atoms with Crippen molar-refractivity contribution in [2.75, 3.05) is 0 Å². The molecule has 0 aromatic heterocycles. The predicted molar refractivity (Wildman–Crippen MR) is 81.9 cm³/mol. The van der Waals surface area contributed by atoms with Crippen molar-refractivity contribution in [3.8, 4) is 0 Å². The van der Waals surface area contributed by atoms with Gasteiger partial charge >= 0.3 is 103 Å². The van der Waals surface area contributed by atoms with Gasteiger partial charge in [0.05, 0.1) is 0 Å². The summed E-state index contributed by atoms with van der Waals surface area (Å²) in [5, 5.41) is 0. The monoisotopic (exact) mass is 356 g/mol. The molecule has 5 heteroatoms. The predicted octanol–water partition coefficient (Wildman–Crippen LogP) is -2.01. The van der Waals surface area contributed by atoms with Gasteiger partial charge in [0.15, 0.2) is 11.3 Å². The van der Waals surface area contributed by atoms with Crippen molar-refractivity contribution in [3.63, 3.8) is 0 Å². The molecule has 0 saturated carbocycles. The first kappa shape index (κ1) is 28.9. The van der Waals surface area contributed by atoms with E-state index in [0.29, 0.717) is 0 Å². The summed E-state index contributed by atoms with van der Waals surface area (Å²) in [6.07, 6.45) is 2.14. The Morgan fingerprint density at radius 2 is 1.55 bits per heavy atom. The van der Waals surface area contributed by atoms with Crippen LogP contribution in [0.25, 0.3) is 4.85 Å². The molecule has 3 unspecified atom stereocenters. The topological polar surface area (TPSA) is 38.5 Å². The first-order valence-corrected chi connectivity index (χ1v) is 7.36. The van der Waals surface area contributed by atoms with Crippen molar-refractivity contribution in [2.24, 2.45) is 23.7 Å². The number of nitrogens with zero attached hydrogens (tertiary/aromatic N) is 1. The first-order chi connectivity index (χ1) is 9.08. The fourth-order valence-corrected chi connectivity index (χ4v) is 2.38. The zero-order valence-electron chi connectivity index (χ0n) is 15.9. The Kier molecular flexibility index (Phi) is 17.5. The van der Waals surface area contributed by atoms with Crippen LogP contribution in [-0.2, 0) is 9.59 Å². The maximum atomic E-state index is 12.7. The number of hydrogen-bond acceptors (Lipinski definition) is 2. The quantitative estimate of drug-likeness (QED) is 0.372. The molecule has 0 aromatic carbocycles. The molecule has 0 fully saturated rings. The van der Waals surface area contributed by atoms with E-state index >= 15 is 0 Å². The summed E-state index contributed by atoms with van der Waals surface area (Å²) in [5.74, 6) is -0.0207. The normalized spacial score (nSPS) is 15.8. The van der Waals surface area contributed by atoms with Gasteiger partial charge in [-0.05, 0) is 12.8 Å². The Morgan fingerprint density at radius 3 is 1.82 bits per heavy atom. The average molecular weight is 357 g/mol. The maximum Gasteiger partial charge on any atom is 1.00 e. The number of hydrogen-bond donors (Lipinski definition) is 0. The van der Waals surface area contributed by atoms with Crippen LogP contribution in [0, 0.1) is 36.7 Å². The van der Waals surface area contributed by atoms with Gasteiger partial charge in [0, 0.05) is 18.3 Å². The number of rotatable bonds is 8. The Balaban J connectivity index is -0.00000180. The van der Waals surface area contributed by atoms with Gasteiger partial charge in [0.1, 0.15) is 5.78 Å². The minimum Gasteiger partial charge on any atom is -0.336 e. The second kappa shape index (κ2) is 13.3. The van der Waals surface area contributed by atoms with Gasteiger partial charge in [0.2, 0.25) is 0 Å². The van der Waals surface area contributed by atoms with Crippen LogP contribution in [0.15, 0.2) is 0 Å². The summed E-state index contributed by atoms with van der Waals surface area (Å²) in [7, 11) is 0. The second-order valence-electron chi connectivity index (χ2n) is 6.51. The third kappa shape index (κ3) is 8.46. The molecule has 3 atom stereocenters. The van der Waals surface area contributed by atoms with E-state index in [4.69, 9.17) is 6.57 Å². The standard InChI is InChI=1S/C17H28NO2.2K/c1-11(2)10-17(18-8,12(3)4)16(20)9-13(5)14(6)15(7)19;;/h10-14H,9H2,1-7H3;;/q-1;2*+1. The molecule has 0 saturated heterocycles. The molecular formula is C17H28K2NO2+. The van der Waals surface area contributed by atoms with Crippen LogP contribution in [0.5, 0.6) is 0 Å². The number of ketones is 2. The molecule has 22 heavy (non-hydrogen) atoms.